The Morgan fingerprint density at radius 2 is 2.10 bits per heavy atom. The van der Waals surface area contributed by atoms with Crippen LogP contribution in [0.1, 0.15) is 43.9 Å². The standard InChI is InChI=1S/C16H25NO4/c1-5-11(3)17-13(9-15(18)19)16(20)12-8-10(2)6-7-14(12)21-4/h6-8,11,13,16-17,20H,5,9H2,1-4H3,(H,18,19). The number of hydrogen-bond acceptors (Lipinski definition) is 4. The van der Waals surface area contributed by atoms with Gasteiger partial charge in [0, 0.05) is 17.6 Å². The number of ether oxygens (including phenoxy) is 1. The van der Waals surface area contributed by atoms with E-state index in [4.69, 9.17) is 9.84 Å². The van der Waals surface area contributed by atoms with Gasteiger partial charge in [-0.1, -0.05) is 18.6 Å². The summed E-state index contributed by atoms with van der Waals surface area (Å²) in [6.07, 6.45) is -0.235. The summed E-state index contributed by atoms with van der Waals surface area (Å²) in [6.45, 7) is 5.90. The topological polar surface area (TPSA) is 78.8 Å². The zero-order valence-electron chi connectivity index (χ0n) is 13.1. The molecule has 3 unspecified atom stereocenters. The lowest BCUT2D eigenvalue weighted by atomic mass is 9.96. The predicted molar refractivity (Wildman–Crippen MR) is 81.6 cm³/mol. The summed E-state index contributed by atoms with van der Waals surface area (Å²) in [4.78, 5) is 11.1. The Morgan fingerprint density at radius 1 is 1.43 bits per heavy atom. The van der Waals surface area contributed by atoms with Crippen molar-refractivity contribution in [2.45, 2.75) is 51.8 Å². The second-order valence-electron chi connectivity index (χ2n) is 5.37. The molecule has 0 amide bonds. The molecule has 0 radical (unpaired) electrons. The number of hydrogen-bond donors (Lipinski definition) is 3. The fraction of sp³-hybridized carbons (Fsp3) is 0.562. The van der Waals surface area contributed by atoms with Crippen molar-refractivity contribution in [3.63, 3.8) is 0 Å². The van der Waals surface area contributed by atoms with Gasteiger partial charge in [-0.3, -0.25) is 4.79 Å². The van der Waals surface area contributed by atoms with E-state index in [2.05, 4.69) is 5.32 Å². The lowest BCUT2D eigenvalue weighted by Gasteiger charge is -2.27. The third-order valence-electron chi connectivity index (χ3n) is 3.59. The SMILES string of the molecule is CCC(C)NC(CC(=O)O)C(O)c1cc(C)ccc1OC. The summed E-state index contributed by atoms with van der Waals surface area (Å²) in [7, 11) is 1.54. The van der Waals surface area contributed by atoms with E-state index < -0.39 is 18.1 Å². The van der Waals surface area contributed by atoms with Crippen LogP contribution >= 0.6 is 0 Å². The van der Waals surface area contributed by atoms with Gasteiger partial charge in [0.25, 0.3) is 0 Å². The van der Waals surface area contributed by atoms with E-state index in [0.29, 0.717) is 11.3 Å². The first-order valence-electron chi connectivity index (χ1n) is 7.19. The minimum absolute atomic E-state index is 0.125. The van der Waals surface area contributed by atoms with Crippen molar-refractivity contribution in [1.82, 2.24) is 5.32 Å². The Morgan fingerprint density at radius 3 is 2.62 bits per heavy atom. The highest BCUT2D eigenvalue weighted by molar-refractivity contribution is 5.67. The number of aliphatic hydroxyl groups excluding tert-OH is 1. The molecule has 0 saturated heterocycles. The molecule has 118 valence electrons. The van der Waals surface area contributed by atoms with Gasteiger partial charge in [0.05, 0.1) is 19.6 Å². The summed E-state index contributed by atoms with van der Waals surface area (Å²) in [6, 6.07) is 5.07. The zero-order valence-corrected chi connectivity index (χ0v) is 13.1. The van der Waals surface area contributed by atoms with Gasteiger partial charge < -0.3 is 20.3 Å². The first kappa shape index (κ1) is 17.5. The van der Waals surface area contributed by atoms with E-state index in [1.165, 1.54) is 7.11 Å². The van der Waals surface area contributed by atoms with E-state index in [9.17, 15) is 9.90 Å². The van der Waals surface area contributed by atoms with E-state index >= 15 is 0 Å². The number of rotatable bonds is 8. The van der Waals surface area contributed by atoms with Crippen molar-refractivity contribution in [1.29, 1.82) is 0 Å². The lowest BCUT2D eigenvalue weighted by Crippen LogP contribution is -2.42. The maximum Gasteiger partial charge on any atom is 0.305 e. The molecule has 0 aliphatic carbocycles. The van der Waals surface area contributed by atoms with Crippen molar-refractivity contribution in [2.75, 3.05) is 7.11 Å². The van der Waals surface area contributed by atoms with Gasteiger partial charge in [0.2, 0.25) is 0 Å². The molecule has 0 spiro atoms. The normalized spacial score (nSPS) is 15.3. The highest BCUT2D eigenvalue weighted by Gasteiger charge is 2.27. The highest BCUT2D eigenvalue weighted by Crippen LogP contribution is 2.29. The van der Waals surface area contributed by atoms with Crippen LogP contribution in [0.3, 0.4) is 0 Å². The Balaban J connectivity index is 3.05. The fourth-order valence-corrected chi connectivity index (χ4v) is 2.23. The number of carboxylic acids is 1. The van der Waals surface area contributed by atoms with Crippen molar-refractivity contribution < 1.29 is 19.7 Å². The maximum atomic E-state index is 11.1. The quantitative estimate of drug-likeness (QED) is 0.685. The molecule has 0 heterocycles. The van der Waals surface area contributed by atoms with Crippen molar-refractivity contribution in [3.8, 4) is 5.75 Å². The molecule has 1 rings (SSSR count). The van der Waals surface area contributed by atoms with Crippen molar-refractivity contribution in [2.24, 2.45) is 0 Å². The average molecular weight is 295 g/mol. The van der Waals surface area contributed by atoms with Crippen LogP contribution in [0.5, 0.6) is 5.75 Å². The molecule has 3 atom stereocenters. The summed E-state index contributed by atoms with van der Waals surface area (Å²) in [5.74, 6) is -0.379. The number of aliphatic hydroxyl groups is 1. The molecule has 1 aromatic rings. The minimum atomic E-state index is -0.943. The fourth-order valence-electron chi connectivity index (χ4n) is 2.23. The van der Waals surface area contributed by atoms with E-state index in [0.717, 1.165) is 12.0 Å². The van der Waals surface area contributed by atoms with Gasteiger partial charge in [0.1, 0.15) is 5.75 Å². The van der Waals surface area contributed by atoms with Crippen LogP contribution in [-0.2, 0) is 4.79 Å². The van der Waals surface area contributed by atoms with Crippen LogP contribution in [0.2, 0.25) is 0 Å². The highest BCUT2D eigenvalue weighted by atomic mass is 16.5. The Hall–Kier alpha value is -1.59. The van der Waals surface area contributed by atoms with Crippen LogP contribution in [0.15, 0.2) is 18.2 Å². The van der Waals surface area contributed by atoms with Crippen molar-refractivity contribution in [3.05, 3.63) is 29.3 Å². The van der Waals surface area contributed by atoms with Crippen LogP contribution in [-0.4, -0.2) is 35.4 Å². The Labute approximate surface area is 125 Å². The second-order valence-corrected chi connectivity index (χ2v) is 5.37. The number of carboxylic acid groups (broad SMARTS) is 1. The maximum absolute atomic E-state index is 11.1. The van der Waals surface area contributed by atoms with Crippen LogP contribution in [0, 0.1) is 6.92 Å². The summed E-state index contributed by atoms with van der Waals surface area (Å²) in [5.41, 5.74) is 1.60. The molecule has 0 bridgehead atoms. The van der Waals surface area contributed by atoms with E-state index in [-0.39, 0.29) is 12.5 Å². The van der Waals surface area contributed by atoms with Crippen molar-refractivity contribution >= 4 is 5.97 Å². The molecular formula is C16H25NO4. The van der Waals surface area contributed by atoms with Crippen LogP contribution in [0.25, 0.3) is 0 Å². The molecular weight excluding hydrogens is 270 g/mol. The third kappa shape index (κ3) is 5.02. The third-order valence-corrected chi connectivity index (χ3v) is 3.59. The summed E-state index contributed by atoms with van der Waals surface area (Å²) >= 11 is 0. The molecule has 3 N–H and O–H groups in total. The number of benzene rings is 1. The lowest BCUT2D eigenvalue weighted by molar-refractivity contribution is -0.138. The molecule has 0 aliphatic rings. The van der Waals surface area contributed by atoms with E-state index in [1.807, 2.05) is 32.9 Å². The van der Waals surface area contributed by atoms with Gasteiger partial charge in [-0.25, -0.2) is 0 Å². The first-order valence-corrected chi connectivity index (χ1v) is 7.19. The Kier molecular flexibility index (Phi) is 6.65. The molecule has 0 fully saturated rings. The predicted octanol–water partition coefficient (Wildman–Crippen LogP) is 2.27. The van der Waals surface area contributed by atoms with E-state index in [1.54, 1.807) is 6.07 Å². The average Bonchev–Trinajstić information content (AvgIpc) is 2.45. The van der Waals surface area contributed by atoms with Crippen LogP contribution < -0.4 is 10.1 Å². The zero-order chi connectivity index (χ0) is 16.0. The van der Waals surface area contributed by atoms with Gasteiger partial charge in [-0.05, 0) is 32.4 Å². The molecule has 0 aromatic heterocycles. The molecule has 21 heavy (non-hydrogen) atoms. The van der Waals surface area contributed by atoms with Gasteiger partial charge >= 0.3 is 5.97 Å². The van der Waals surface area contributed by atoms with Crippen LogP contribution in [0.4, 0.5) is 0 Å². The molecule has 0 aliphatic heterocycles. The smallest absolute Gasteiger partial charge is 0.305 e. The second kappa shape index (κ2) is 8.00. The molecule has 0 saturated carbocycles. The number of nitrogens with one attached hydrogen (secondary N) is 1. The monoisotopic (exact) mass is 295 g/mol. The molecule has 5 nitrogen and oxygen atoms in total. The Bertz CT molecular complexity index is 475. The molecule has 1 aromatic carbocycles. The van der Waals surface area contributed by atoms with Gasteiger partial charge in [-0.2, -0.15) is 0 Å². The first-order chi connectivity index (χ1) is 9.88. The summed E-state index contributed by atoms with van der Waals surface area (Å²) < 4.78 is 5.27. The largest absolute Gasteiger partial charge is 0.496 e. The number of aliphatic carboxylic acids is 1. The molecule has 5 heteroatoms. The minimum Gasteiger partial charge on any atom is -0.496 e. The number of carbonyl (C=O) groups is 1. The summed E-state index contributed by atoms with van der Waals surface area (Å²) in [5, 5.41) is 22.8. The number of aryl methyl sites for hydroxylation is 1. The number of methoxy groups -OCH3 is 1. The van der Waals surface area contributed by atoms with Gasteiger partial charge in [0.15, 0.2) is 0 Å². The van der Waals surface area contributed by atoms with Gasteiger partial charge in [-0.15, -0.1) is 0 Å².